The van der Waals surface area contributed by atoms with E-state index in [1.165, 1.54) is 25.7 Å². The molecule has 2 heteroatoms. The Kier molecular flexibility index (Phi) is 3.85. The normalized spacial score (nSPS) is 22.8. The average Bonchev–Trinajstić information content (AvgIpc) is 2.92. The van der Waals surface area contributed by atoms with E-state index in [0.717, 1.165) is 12.5 Å². The first-order chi connectivity index (χ1) is 5.76. The topological polar surface area (TPSA) is 12.5 Å². The molecule has 0 spiro atoms. The lowest BCUT2D eigenvalue weighted by atomic mass is 9.80. The molecular formula is C10H19ClO. The fourth-order valence-electron chi connectivity index (χ4n) is 1.56. The first-order valence-corrected chi connectivity index (χ1v) is 5.47. The van der Waals surface area contributed by atoms with Gasteiger partial charge in [-0.2, -0.15) is 0 Å². The zero-order chi connectivity index (χ0) is 9.03. The van der Waals surface area contributed by atoms with Gasteiger partial charge in [-0.3, -0.25) is 0 Å². The molecule has 0 bridgehead atoms. The number of hydrogen-bond donors (Lipinski definition) is 0. The molecule has 0 aromatic heterocycles. The molecule has 1 saturated heterocycles. The maximum atomic E-state index is 5.99. The fourth-order valence-corrected chi connectivity index (χ4v) is 2.07. The minimum absolute atomic E-state index is 0.382. The standard InChI is InChI=1S/C10H19ClO/c1-3-10(4-2,8-11)6-5-9-7-12-9/h9H,3-8H2,1-2H3. The summed E-state index contributed by atoms with van der Waals surface area (Å²) < 4.78 is 5.19. The van der Waals surface area contributed by atoms with E-state index in [2.05, 4.69) is 13.8 Å². The van der Waals surface area contributed by atoms with Crippen molar-refractivity contribution in [1.29, 1.82) is 0 Å². The van der Waals surface area contributed by atoms with E-state index in [4.69, 9.17) is 16.3 Å². The molecule has 12 heavy (non-hydrogen) atoms. The van der Waals surface area contributed by atoms with Crippen molar-refractivity contribution in [3.63, 3.8) is 0 Å². The van der Waals surface area contributed by atoms with Crippen LogP contribution in [0.2, 0.25) is 0 Å². The number of halogens is 1. The van der Waals surface area contributed by atoms with Crippen LogP contribution in [-0.2, 0) is 4.74 Å². The number of hydrogen-bond acceptors (Lipinski definition) is 1. The molecule has 1 heterocycles. The molecule has 1 unspecified atom stereocenters. The summed E-state index contributed by atoms with van der Waals surface area (Å²) in [4.78, 5) is 0. The van der Waals surface area contributed by atoms with Gasteiger partial charge in [0.05, 0.1) is 12.7 Å². The molecule has 1 aliphatic heterocycles. The van der Waals surface area contributed by atoms with Crippen molar-refractivity contribution < 1.29 is 4.74 Å². The monoisotopic (exact) mass is 190 g/mol. The summed E-state index contributed by atoms with van der Waals surface area (Å²) in [7, 11) is 0. The van der Waals surface area contributed by atoms with E-state index in [1.54, 1.807) is 0 Å². The quantitative estimate of drug-likeness (QED) is 0.463. The molecule has 0 saturated carbocycles. The second kappa shape index (κ2) is 4.48. The Morgan fingerprint density at radius 2 is 2.00 bits per heavy atom. The van der Waals surface area contributed by atoms with Crippen LogP contribution in [0, 0.1) is 5.41 Å². The first kappa shape index (κ1) is 10.3. The van der Waals surface area contributed by atoms with Crippen molar-refractivity contribution in [1.82, 2.24) is 0 Å². The van der Waals surface area contributed by atoms with Crippen molar-refractivity contribution in [3.05, 3.63) is 0 Å². The second-order valence-corrected chi connectivity index (χ2v) is 4.10. The van der Waals surface area contributed by atoms with Crippen molar-refractivity contribution in [2.24, 2.45) is 5.41 Å². The smallest absolute Gasteiger partial charge is 0.0810 e. The molecule has 0 radical (unpaired) electrons. The van der Waals surface area contributed by atoms with Crippen molar-refractivity contribution >= 4 is 11.6 Å². The second-order valence-electron chi connectivity index (χ2n) is 3.83. The van der Waals surface area contributed by atoms with Gasteiger partial charge in [-0.1, -0.05) is 13.8 Å². The van der Waals surface area contributed by atoms with E-state index in [1.807, 2.05) is 0 Å². The Morgan fingerprint density at radius 3 is 2.33 bits per heavy atom. The summed E-state index contributed by atoms with van der Waals surface area (Å²) in [6.07, 6.45) is 5.38. The summed E-state index contributed by atoms with van der Waals surface area (Å²) in [6.45, 7) is 5.45. The zero-order valence-corrected chi connectivity index (χ0v) is 8.86. The van der Waals surface area contributed by atoms with Gasteiger partial charge in [0.15, 0.2) is 0 Å². The van der Waals surface area contributed by atoms with Gasteiger partial charge in [0.25, 0.3) is 0 Å². The van der Waals surface area contributed by atoms with Crippen LogP contribution in [0.5, 0.6) is 0 Å². The molecule has 1 fully saturated rings. The molecule has 0 aliphatic carbocycles. The molecule has 0 amide bonds. The summed E-state index contributed by atoms with van der Waals surface area (Å²) in [5.41, 5.74) is 0.382. The van der Waals surface area contributed by atoms with Crippen LogP contribution in [0.25, 0.3) is 0 Å². The minimum atomic E-state index is 0.382. The van der Waals surface area contributed by atoms with Gasteiger partial charge in [0.2, 0.25) is 0 Å². The maximum Gasteiger partial charge on any atom is 0.0810 e. The van der Waals surface area contributed by atoms with Gasteiger partial charge in [-0.25, -0.2) is 0 Å². The Bertz CT molecular complexity index is 120. The summed E-state index contributed by atoms with van der Waals surface area (Å²) >= 11 is 5.99. The highest BCUT2D eigenvalue weighted by Crippen LogP contribution is 2.35. The third-order valence-corrected chi connectivity index (χ3v) is 3.75. The third-order valence-electron chi connectivity index (χ3n) is 3.18. The summed E-state index contributed by atoms with van der Waals surface area (Å²) in [5, 5.41) is 0. The fraction of sp³-hybridized carbons (Fsp3) is 1.00. The van der Waals surface area contributed by atoms with Crippen LogP contribution in [0.3, 0.4) is 0 Å². The van der Waals surface area contributed by atoms with Crippen LogP contribution < -0.4 is 0 Å². The van der Waals surface area contributed by atoms with Crippen molar-refractivity contribution in [2.45, 2.75) is 45.6 Å². The highest BCUT2D eigenvalue weighted by atomic mass is 35.5. The van der Waals surface area contributed by atoms with Gasteiger partial charge >= 0.3 is 0 Å². The van der Waals surface area contributed by atoms with Gasteiger partial charge in [0.1, 0.15) is 0 Å². The predicted octanol–water partition coefficient (Wildman–Crippen LogP) is 3.21. The third kappa shape index (κ3) is 2.63. The van der Waals surface area contributed by atoms with Gasteiger partial charge < -0.3 is 4.74 Å². The summed E-state index contributed by atoms with van der Waals surface area (Å²) in [5.74, 6) is 0.798. The van der Waals surface area contributed by atoms with E-state index in [-0.39, 0.29) is 0 Å². The van der Waals surface area contributed by atoms with E-state index in [9.17, 15) is 0 Å². The van der Waals surface area contributed by atoms with Crippen LogP contribution in [0.4, 0.5) is 0 Å². The molecule has 0 aromatic carbocycles. The van der Waals surface area contributed by atoms with Crippen molar-refractivity contribution in [2.75, 3.05) is 12.5 Å². The first-order valence-electron chi connectivity index (χ1n) is 4.94. The van der Waals surface area contributed by atoms with E-state index < -0.39 is 0 Å². The number of alkyl halides is 1. The molecule has 1 nitrogen and oxygen atoms in total. The van der Waals surface area contributed by atoms with Crippen molar-refractivity contribution in [3.8, 4) is 0 Å². The SMILES string of the molecule is CCC(CC)(CCl)CCC1CO1. The van der Waals surface area contributed by atoms with Crippen LogP contribution in [-0.4, -0.2) is 18.6 Å². The van der Waals surface area contributed by atoms with E-state index >= 15 is 0 Å². The Labute approximate surface area is 80.4 Å². The lowest BCUT2D eigenvalue weighted by Gasteiger charge is -2.28. The van der Waals surface area contributed by atoms with Gasteiger partial charge in [0, 0.05) is 5.88 Å². The van der Waals surface area contributed by atoms with Crippen LogP contribution >= 0.6 is 11.6 Å². The summed E-state index contributed by atoms with van der Waals surface area (Å²) in [6, 6.07) is 0. The molecule has 0 aromatic rings. The van der Waals surface area contributed by atoms with Gasteiger partial charge in [-0.15, -0.1) is 11.6 Å². The lowest BCUT2D eigenvalue weighted by Crippen LogP contribution is -2.21. The molecular weight excluding hydrogens is 172 g/mol. The van der Waals surface area contributed by atoms with E-state index in [0.29, 0.717) is 11.5 Å². The van der Waals surface area contributed by atoms with Crippen LogP contribution in [0.15, 0.2) is 0 Å². The largest absolute Gasteiger partial charge is 0.373 e. The highest BCUT2D eigenvalue weighted by Gasteiger charge is 2.30. The predicted molar refractivity (Wildman–Crippen MR) is 52.7 cm³/mol. The van der Waals surface area contributed by atoms with Crippen LogP contribution in [0.1, 0.15) is 39.5 Å². The van der Waals surface area contributed by atoms with Gasteiger partial charge in [-0.05, 0) is 31.1 Å². The zero-order valence-electron chi connectivity index (χ0n) is 8.11. The molecule has 72 valence electrons. The molecule has 1 atom stereocenters. The highest BCUT2D eigenvalue weighted by molar-refractivity contribution is 6.18. The maximum absolute atomic E-state index is 5.99. The minimum Gasteiger partial charge on any atom is -0.373 e. The Hall–Kier alpha value is 0.250. The Morgan fingerprint density at radius 1 is 1.42 bits per heavy atom. The number of ether oxygens (including phenoxy) is 1. The number of rotatable bonds is 6. The average molecular weight is 191 g/mol. The molecule has 0 N–H and O–H groups in total. The Balaban J connectivity index is 2.28. The molecule has 1 rings (SSSR count). The molecule has 1 aliphatic rings. The lowest BCUT2D eigenvalue weighted by molar-refractivity contribution is 0.254. The number of epoxide rings is 1.